The van der Waals surface area contributed by atoms with Gasteiger partial charge in [0.2, 0.25) is 15.9 Å². The Kier molecular flexibility index (Phi) is 4.68. The van der Waals surface area contributed by atoms with E-state index in [0.717, 1.165) is 30.9 Å². The minimum absolute atomic E-state index is 0.00690. The molecule has 0 spiro atoms. The number of carbonyl (C=O) groups excluding carboxylic acids is 1. The van der Waals surface area contributed by atoms with Gasteiger partial charge in [-0.25, -0.2) is 8.42 Å². The number of piperazine rings is 1. The molecule has 1 aromatic carbocycles. The van der Waals surface area contributed by atoms with Gasteiger partial charge < -0.3 is 9.80 Å². The van der Waals surface area contributed by atoms with Crippen molar-refractivity contribution in [2.45, 2.75) is 38.1 Å². The topological polar surface area (TPSA) is 60.9 Å². The van der Waals surface area contributed by atoms with Crippen molar-refractivity contribution in [2.24, 2.45) is 0 Å². The first-order valence-electron chi connectivity index (χ1n) is 8.49. The molecule has 1 unspecified atom stereocenters. The fourth-order valence-electron chi connectivity index (χ4n) is 3.68. The lowest BCUT2D eigenvalue weighted by Gasteiger charge is -2.33. The molecule has 6 nitrogen and oxygen atoms in total. The minimum atomic E-state index is -3.47. The van der Waals surface area contributed by atoms with Crippen molar-refractivity contribution >= 4 is 21.6 Å². The van der Waals surface area contributed by atoms with Crippen LogP contribution in [0.15, 0.2) is 23.1 Å². The van der Waals surface area contributed by atoms with Gasteiger partial charge in [-0.2, -0.15) is 4.31 Å². The molecule has 0 radical (unpaired) electrons. The molecule has 1 aromatic rings. The van der Waals surface area contributed by atoms with E-state index in [4.69, 9.17) is 0 Å². The Labute approximate surface area is 144 Å². The fourth-order valence-corrected chi connectivity index (χ4v) is 5.16. The standard InChI is InChI=1S/C17H25N3O3S/c1-4-18-7-9-19(10-8-18)24(22,23)16-5-6-17-15(12-16)11-13(2)20(17)14(3)21/h5-6,12-13H,4,7-11H2,1-3H3. The van der Waals surface area contributed by atoms with Gasteiger partial charge in [0, 0.05) is 44.8 Å². The highest BCUT2D eigenvalue weighted by atomic mass is 32.2. The van der Waals surface area contributed by atoms with E-state index in [0.29, 0.717) is 24.4 Å². The molecule has 0 bridgehead atoms. The van der Waals surface area contributed by atoms with E-state index in [9.17, 15) is 13.2 Å². The van der Waals surface area contributed by atoms with Crippen LogP contribution in [0.1, 0.15) is 26.3 Å². The number of anilines is 1. The first-order valence-corrected chi connectivity index (χ1v) is 9.94. The number of nitrogens with zero attached hydrogens (tertiary/aromatic N) is 3. The average molecular weight is 351 g/mol. The lowest BCUT2D eigenvalue weighted by molar-refractivity contribution is -0.116. The summed E-state index contributed by atoms with van der Waals surface area (Å²) < 4.78 is 27.4. The predicted molar refractivity (Wildman–Crippen MR) is 93.6 cm³/mol. The van der Waals surface area contributed by atoms with Crippen LogP contribution in [-0.2, 0) is 21.2 Å². The Balaban J connectivity index is 1.86. The van der Waals surface area contributed by atoms with Crippen LogP contribution in [0.3, 0.4) is 0 Å². The molecule has 132 valence electrons. The van der Waals surface area contributed by atoms with Gasteiger partial charge >= 0.3 is 0 Å². The number of amides is 1. The van der Waals surface area contributed by atoms with Crippen molar-refractivity contribution in [1.29, 1.82) is 0 Å². The molecular formula is C17H25N3O3S. The van der Waals surface area contributed by atoms with Gasteiger partial charge in [0.1, 0.15) is 0 Å². The molecule has 1 saturated heterocycles. The van der Waals surface area contributed by atoms with E-state index in [1.54, 1.807) is 34.3 Å². The molecule has 3 rings (SSSR count). The van der Waals surface area contributed by atoms with Crippen LogP contribution >= 0.6 is 0 Å². The highest BCUT2D eigenvalue weighted by molar-refractivity contribution is 7.89. The van der Waals surface area contributed by atoms with Gasteiger partial charge in [-0.15, -0.1) is 0 Å². The zero-order chi connectivity index (χ0) is 17.5. The number of fused-ring (bicyclic) bond motifs is 1. The predicted octanol–water partition coefficient (Wildman–Crippen LogP) is 1.31. The van der Waals surface area contributed by atoms with E-state index in [2.05, 4.69) is 11.8 Å². The smallest absolute Gasteiger partial charge is 0.243 e. The number of benzene rings is 1. The molecule has 0 aliphatic carbocycles. The van der Waals surface area contributed by atoms with Crippen molar-refractivity contribution < 1.29 is 13.2 Å². The Bertz CT molecular complexity index is 739. The molecule has 2 heterocycles. The number of carbonyl (C=O) groups is 1. The molecule has 0 aromatic heterocycles. The van der Waals surface area contributed by atoms with Crippen LogP contribution in [0.5, 0.6) is 0 Å². The first-order chi connectivity index (χ1) is 11.3. The van der Waals surface area contributed by atoms with Gasteiger partial charge in [0.15, 0.2) is 0 Å². The number of likely N-dealkylation sites (N-methyl/N-ethyl adjacent to an activating group) is 1. The molecule has 2 aliphatic rings. The summed E-state index contributed by atoms with van der Waals surface area (Å²) in [5.74, 6) is -0.00690. The minimum Gasteiger partial charge on any atom is -0.309 e. The summed E-state index contributed by atoms with van der Waals surface area (Å²) in [5, 5.41) is 0. The molecule has 0 N–H and O–H groups in total. The summed E-state index contributed by atoms with van der Waals surface area (Å²) >= 11 is 0. The third kappa shape index (κ3) is 2.96. The normalized spacial score (nSPS) is 22.6. The van der Waals surface area contributed by atoms with Gasteiger partial charge in [-0.05, 0) is 43.7 Å². The van der Waals surface area contributed by atoms with Crippen molar-refractivity contribution in [2.75, 3.05) is 37.6 Å². The first kappa shape index (κ1) is 17.4. The van der Waals surface area contributed by atoms with E-state index in [1.807, 2.05) is 6.92 Å². The van der Waals surface area contributed by atoms with Gasteiger partial charge in [0.25, 0.3) is 0 Å². The zero-order valence-electron chi connectivity index (χ0n) is 14.5. The summed E-state index contributed by atoms with van der Waals surface area (Å²) in [6, 6.07) is 5.23. The van der Waals surface area contributed by atoms with Gasteiger partial charge in [0.05, 0.1) is 4.90 Å². The number of sulfonamides is 1. The third-order valence-corrected chi connectivity index (χ3v) is 6.92. The average Bonchev–Trinajstić information content (AvgIpc) is 2.89. The molecule has 1 amide bonds. The Morgan fingerprint density at radius 2 is 1.88 bits per heavy atom. The van der Waals surface area contributed by atoms with Crippen molar-refractivity contribution in [1.82, 2.24) is 9.21 Å². The summed E-state index contributed by atoms with van der Waals surface area (Å²) in [4.78, 5) is 16.1. The maximum atomic E-state index is 12.9. The Morgan fingerprint density at radius 3 is 2.46 bits per heavy atom. The second-order valence-electron chi connectivity index (χ2n) is 6.57. The highest BCUT2D eigenvalue weighted by Crippen LogP contribution is 2.34. The number of rotatable bonds is 3. The molecule has 1 fully saturated rings. The summed E-state index contributed by atoms with van der Waals surface area (Å²) in [6.45, 7) is 9.18. The van der Waals surface area contributed by atoms with Gasteiger partial charge in [-0.1, -0.05) is 6.92 Å². The summed E-state index contributed by atoms with van der Waals surface area (Å²) in [5.41, 5.74) is 1.77. The zero-order valence-corrected chi connectivity index (χ0v) is 15.3. The van der Waals surface area contributed by atoms with Gasteiger partial charge in [-0.3, -0.25) is 4.79 Å². The number of hydrogen-bond donors (Lipinski definition) is 0. The number of hydrogen-bond acceptors (Lipinski definition) is 4. The van der Waals surface area contributed by atoms with E-state index in [-0.39, 0.29) is 11.9 Å². The molecule has 2 aliphatic heterocycles. The van der Waals surface area contributed by atoms with Crippen LogP contribution in [0.2, 0.25) is 0 Å². The van der Waals surface area contributed by atoms with Crippen LogP contribution < -0.4 is 4.90 Å². The van der Waals surface area contributed by atoms with E-state index < -0.39 is 10.0 Å². The van der Waals surface area contributed by atoms with Crippen LogP contribution in [0.25, 0.3) is 0 Å². The van der Waals surface area contributed by atoms with Crippen molar-refractivity contribution in [3.63, 3.8) is 0 Å². The maximum Gasteiger partial charge on any atom is 0.243 e. The summed E-state index contributed by atoms with van der Waals surface area (Å²) in [6.07, 6.45) is 0.696. The SMILES string of the molecule is CCN1CCN(S(=O)(=O)c2ccc3c(c2)CC(C)N3C(C)=O)CC1. The highest BCUT2D eigenvalue weighted by Gasteiger charge is 2.32. The van der Waals surface area contributed by atoms with E-state index in [1.165, 1.54) is 0 Å². The van der Waals surface area contributed by atoms with Crippen molar-refractivity contribution in [3.8, 4) is 0 Å². The fraction of sp³-hybridized carbons (Fsp3) is 0.588. The largest absolute Gasteiger partial charge is 0.309 e. The molecule has 0 saturated carbocycles. The molecular weight excluding hydrogens is 326 g/mol. The lowest BCUT2D eigenvalue weighted by Crippen LogP contribution is -2.48. The van der Waals surface area contributed by atoms with Crippen LogP contribution in [-0.4, -0.2) is 62.3 Å². The summed E-state index contributed by atoms with van der Waals surface area (Å²) in [7, 11) is -3.47. The van der Waals surface area contributed by atoms with E-state index >= 15 is 0 Å². The molecule has 7 heteroatoms. The second-order valence-corrected chi connectivity index (χ2v) is 8.51. The second kappa shape index (κ2) is 6.46. The van der Waals surface area contributed by atoms with Crippen LogP contribution in [0, 0.1) is 0 Å². The molecule has 24 heavy (non-hydrogen) atoms. The van der Waals surface area contributed by atoms with Crippen molar-refractivity contribution in [3.05, 3.63) is 23.8 Å². The van der Waals surface area contributed by atoms with Crippen LogP contribution in [0.4, 0.5) is 5.69 Å². The molecule has 1 atom stereocenters. The maximum absolute atomic E-state index is 12.9. The Hall–Kier alpha value is -1.44. The quantitative estimate of drug-likeness (QED) is 0.824. The lowest BCUT2D eigenvalue weighted by atomic mass is 10.1. The monoisotopic (exact) mass is 351 g/mol. The Morgan fingerprint density at radius 1 is 1.21 bits per heavy atom. The third-order valence-electron chi connectivity index (χ3n) is 5.02.